The number of anilines is 1. The van der Waals surface area contributed by atoms with E-state index < -0.39 is 28.6 Å². The summed E-state index contributed by atoms with van der Waals surface area (Å²) in [5.41, 5.74) is 0.298. The van der Waals surface area contributed by atoms with Crippen molar-refractivity contribution in [1.82, 2.24) is 9.97 Å². The average molecular weight is 404 g/mol. The number of nitrogens with one attached hydrogen (secondary N) is 1. The predicted octanol–water partition coefficient (Wildman–Crippen LogP) is 4.20. The maximum Gasteiger partial charge on any atom is 0.573 e. The quantitative estimate of drug-likeness (QED) is 0.504. The molecule has 1 N–H and O–H groups in total. The van der Waals surface area contributed by atoms with Crippen molar-refractivity contribution < 1.29 is 27.6 Å². The number of alkyl halides is 3. The van der Waals surface area contributed by atoms with E-state index in [9.17, 15) is 28.1 Å². The van der Waals surface area contributed by atoms with Gasteiger partial charge in [-0.3, -0.25) is 20.2 Å². The van der Waals surface area contributed by atoms with E-state index in [1.807, 2.05) is 30.3 Å². The SMILES string of the molecule is O=C(Nc1ncc(-c2ccccc2)cn1)c1ccc(OC(F)(F)F)c([N+](=O)[O-])c1. The second kappa shape index (κ2) is 7.92. The lowest BCUT2D eigenvalue weighted by Crippen LogP contribution is -2.19. The molecule has 0 aliphatic rings. The minimum atomic E-state index is -5.11. The van der Waals surface area contributed by atoms with Crippen molar-refractivity contribution in [2.24, 2.45) is 0 Å². The van der Waals surface area contributed by atoms with Crippen LogP contribution in [-0.4, -0.2) is 27.2 Å². The molecule has 1 aromatic heterocycles. The fraction of sp³-hybridized carbons (Fsp3) is 0.0556. The van der Waals surface area contributed by atoms with Crippen molar-refractivity contribution in [2.75, 3.05) is 5.32 Å². The van der Waals surface area contributed by atoms with Gasteiger partial charge in [0, 0.05) is 29.6 Å². The van der Waals surface area contributed by atoms with Gasteiger partial charge in [0.05, 0.1) is 4.92 Å². The molecule has 1 heterocycles. The van der Waals surface area contributed by atoms with Gasteiger partial charge in [-0.1, -0.05) is 30.3 Å². The van der Waals surface area contributed by atoms with Crippen LogP contribution >= 0.6 is 0 Å². The first-order valence-electron chi connectivity index (χ1n) is 7.96. The Morgan fingerprint density at radius 3 is 2.28 bits per heavy atom. The molecule has 29 heavy (non-hydrogen) atoms. The zero-order valence-electron chi connectivity index (χ0n) is 14.4. The van der Waals surface area contributed by atoms with Crippen molar-refractivity contribution >= 4 is 17.5 Å². The van der Waals surface area contributed by atoms with E-state index in [0.29, 0.717) is 17.7 Å². The first-order chi connectivity index (χ1) is 13.7. The van der Waals surface area contributed by atoms with E-state index in [1.165, 1.54) is 12.4 Å². The maximum absolute atomic E-state index is 12.3. The van der Waals surface area contributed by atoms with Crippen molar-refractivity contribution in [3.05, 3.63) is 76.6 Å². The number of carbonyl (C=O) groups excluding carboxylic acids is 1. The van der Waals surface area contributed by atoms with E-state index >= 15 is 0 Å². The number of hydrogen-bond donors (Lipinski definition) is 1. The first-order valence-corrected chi connectivity index (χ1v) is 7.96. The lowest BCUT2D eigenvalue weighted by molar-refractivity contribution is -0.388. The van der Waals surface area contributed by atoms with E-state index in [4.69, 9.17) is 0 Å². The van der Waals surface area contributed by atoms with Gasteiger partial charge in [0.15, 0.2) is 0 Å². The third-order valence-electron chi connectivity index (χ3n) is 3.63. The Kier molecular flexibility index (Phi) is 5.39. The Labute approximate surface area is 161 Å². The number of carbonyl (C=O) groups is 1. The first kappa shape index (κ1) is 19.7. The van der Waals surface area contributed by atoms with Crippen molar-refractivity contribution in [3.63, 3.8) is 0 Å². The molecule has 0 spiro atoms. The Morgan fingerprint density at radius 1 is 1.03 bits per heavy atom. The molecule has 8 nitrogen and oxygen atoms in total. The van der Waals surface area contributed by atoms with Crippen LogP contribution in [-0.2, 0) is 0 Å². The zero-order valence-corrected chi connectivity index (χ0v) is 14.4. The highest BCUT2D eigenvalue weighted by Gasteiger charge is 2.34. The monoisotopic (exact) mass is 404 g/mol. The van der Waals surface area contributed by atoms with Crippen LogP contribution in [0.3, 0.4) is 0 Å². The van der Waals surface area contributed by atoms with Gasteiger partial charge in [-0.2, -0.15) is 0 Å². The zero-order chi connectivity index (χ0) is 21.0. The Bertz CT molecular complexity index is 1040. The third-order valence-corrected chi connectivity index (χ3v) is 3.63. The van der Waals surface area contributed by atoms with Gasteiger partial charge in [-0.25, -0.2) is 9.97 Å². The van der Waals surface area contributed by atoms with Gasteiger partial charge < -0.3 is 4.74 Å². The van der Waals surface area contributed by atoms with Gasteiger partial charge in [0.2, 0.25) is 11.7 Å². The molecular formula is C18H11F3N4O4. The van der Waals surface area contributed by atoms with Gasteiger partial charge in [-0.05, 0) is 17.7 Å². The summed E-state index contributed by atoms with van der Waals surface area (Å²) in [6, 6.07) is 11.6. The fourth-order valence-corrected chi connectivity index (χ4v) is 2.36. The number of benzene rings is 2. The van der Waals surface area contributed by atoms with Crippen molar-refractivity contribution in [1.29, 1.82) is 0 Å². The molecule has 2 aromatic carbocycles. The number of rotatable bonds is 5. The minimum absolute atomic E-state index is 0.0760. The Balaban J connectivity index is 1.78. The van der Waals surface area contributed by atoms with Crippen LogP contribution in [0.4, 0.5) is 24.8 Å². The topological polar surface area (TPSA) is 107 Å². The van der Waals surface area contributed by atoms with E-state index in [1.54, 1.807) is 0 Å². The molecule has 3 rings (SSSR count). The molecule has 1 amide bonds. The van der Waals surface area contributed by atoms with Crippen molar-refractivity contribution in [2.45, 2.75) is 6.36 Å². The minimum Gasteiger partial charge on any atom is -0.398 e. The van der Waals surface area contributed by atoms with E-state index in [0.717, 1.165) is 11.6 Å². The molecule has 3 aromatic rings. The molecule has 0 fully saturated rings. The second-order valence-electron chi connectivity index (χ2n) is 5.60. The molecular weight excluding hydrogens is 393 g/mol. The molecule has 0 aliphatic heterocycles. The summed E-state index contributed by atoms with van der Waals surface area (Å²) in [5.74, 6) is -1.94. The van der Waals surface area contributed by atoms with Crippen LogP contribution in [0.15, 0.2) is 60.9 Å². The summed E-state index contributed by atoms with van der Waals surface area (Å²) in [6.07, 6.45) is -2.16. The number of nitro groups is 1. The molecule has 11 heteroatoms. The van der Waals surface area contributed by atoms with Crippen LogP contribution < -0.4 is 10.1 Å². The number of hydrogen-bond acceptors (Lipinski definition) is 6. The predicted molar refractivity (Wildman–Crippen MR) is 95.2 cm³/mol. The van der Waals surface area contributed by atoms with Crippen molar-refractivity contribution in [3.8, 4) is 16.9 Å². The summed E-state index contributed by atoms with van der Waals surface area (Å²) in [7, 11) is 0. The van der Waals surface area contributed by atoms with Crippen LogP contribution in [0, 0.1) is 10.1 Å². The highest BCUT2D eigenvalue weighted by molar-refractivity contribution is 6.04. The molecule has 0 radical (unpaired) electrons. The maximum atomic E-state index is 12.3. The van der Waals surface area contributed by atoms with Crippen LogP contribution in [0.1, 0.15) is 10.4 Å². The summed E-state index contributed by atoms with van der Waals surface area (Å²) in [5, 5.41) is 13.3. The van der Waals surface area contributed by atoms with Gasteiger partial charge in [0.25, 0.3) is 5.91 Å². The molecule has 0 saturated heterocycles. The number of nitrogens with zero attached hydrogens (tertiary/aromatic N) is 3. The summed E-state index contributed by atoms with van der Waals surface area (Å²) in [6.45, 7) is 0. The molecule has 0 unspecified atom stereocenters. The number of halogens is 3. The highest BCUT2D eigenvalue weighted by atomic mass is 19.4. The molecule has 0 saturated carbocycles. The summed E-state index contributed by atoms with van der Waals surface area (Å²) < 4.78 is 40.6. The van der Waals surface area contributed by atoms with Crippen LogP contribution in [0.2, 0.25) is 0 Å². The highest BCUT2D eigenvalue weighted by Crippen LogP contribution is 2.32. The summed E-state index contributed by atoms with van der Waals surface area (Å²) >= 11 is 0. The van der Waals surface area contributed by atoms with Gasteiger partial charge in [0.1, 0.15) is 0 Å². The average Bonchev–Trinajstić information content (AvgIpc) is 2.68. The normalized spacial score (nSPS) is 11.0. The van der Waals surface area contributed by atoms with Gasteiger partial charge >= 0.3 is 12.0 Å². The number of amides is 1. The molecule has 0 bridgehead atoms. The molecule has 0 aliphatic carbocycles. The lowest BCUT2D eigenvalue weighted by atomic mass is 10.1. The second-order valence-corrected chi connectivity index (χ2v) is 5.60. The summed E-state index contributed by atoms with van der Waals surface area (Å²) in [4.78, 5) is 30.2. The number of ether oxygens (including phenoxy) is 1. The third kappa shape index (κ3) is 5.03. The Hall–Kier alpha value is -4.02. The molecule has 148 valence electrons. The number of aromatic nitrogens is 2. The fourth-order valence-electron chi connectivity index (χ4n) is 2.36. The lowest BCUT2D eigenvalue weighted by Gasteiger charge is -2.10. The Morgan fingerprint density at radius 2 is 1.69 bits per heavy atom. The molecule has 0 atom stereocenters. The van der Waals surface area contributed by atoms with E-state index in [-0.39, 0.29) is 11.5 Å². The number of nitro benzene ring substituents is 1. The van der Waals surface area contributed by atoms with Crippen LogP contribution in [0.5, 0.6) is 5.75 Å². The smallest absolute Gasteiger partial charge is 0.398 e. The standard InChI is InChI=1S/C18H11F3N4O4/c19-18(20,21)29-15-7-6-12(8-14(15)25(27)28)16(26)24-17-22-9-13(10-23-17)11-4-2-1-3-5-11/h1-10H,(H,22,23,24,26). The van der Waals surface area contributed by atoms with E-state index in [2.05, 4.69) is 20.0 Å². The largest absolute Gasteiger partial charge is 0.573 e. The van der Waals surface area contributed by atoms with Crippen LogP contribution in [0.25, 0.3) is 11.1 Å². The van der Waals surface area contributed by atoms with Gasteiger partial charge in [-0.15, -0.1) is 13.2 Å².